The van der Waals surface area contributed by atoms with Crippen LogP contribution in [0.2, 0.25) is 0 Å². The topological polar surface area (TPSA) is 21.3 Å². The summed E-state index contributed by atoms with van der Waals surface area (Å²) in [5.74, 6) is 1.11. The van der Waals surface area contributed by atoms with E-state index < -0.39 is 0 Å². The molecule has 0 saturated carbocycles. The number of allylic oxidation sites excluding steroid dienone is 1. The molecule has 0 heterocycles. The number of benzene rings is 1. The summed E-state index contributed by atoms with van der Waals surface area (Å²) in [6.07, 6.45) is 10.3. The van der Waals surface area contributed by atoms with Crippen LogP contribution in [0.3, 0.4) is 0 Å². The Bertz CT molecular complexity index is 441. The van der Waals surface area contributed by atoms with Crippen molar-refractivity contribution in [3.05, 3.63) is 42.0 Å². The average molecular weight is 287 g/mol. The molecular formula is C19H29NO. The molecule has 0 aromatic heterocycles. The zero-order valence-corrected chi connectivity index (χ0v) is 13.4. The van der Waals surface area contributed by atoms with E-state index in [4.69, 9.17) is 4.74 Å². The summed E-state index contributed by atoms with van der Waals surface area (Å²) >= 11 is 0. The highest BCUT2D eigenvalue weighted by Gasteiger charge is 2.21. The minimum absolute atomic E-state index is 0.509. The lowest BCUT2D eigenvalue weighted by atomic mass is 9.87. The fraction of sp³-hybridized carbons (Fsp3) is 0.579. The van der Waals surface area contributed by atoms with Crippen LogP contribution in [0.5, 0.6) is 5.75 Å². The molecule has 116 valence electrons. The monoisotopic (exact) mass is 287 g/mol. The maximum atomic E-state index is 6.06. The number of hydrogen-bond donors (Lipinski definition) is 1. The fourth-order valence-corrected chi connectivity index (χ4v) is 3.16. The van der Waals surface area contributed by atoms with Gasteiger partial charge in [0.05, 0.1) is 6.61 Å². The molecule has 2 rings (SSSR count). The zero-order valence-electron chi connectivity index (χ0n) is 13.4. The molecule has 21 heavy (non-hydrogen) atoms. The minimum atomic E-state index is 0.509. The van der Waals surface area contributed by atoms with Crippen LogP contribution in [-0.4, -0.2) is 13.2 Å². The van der Waals surface area contributed by atoms with Crippen LogP contribution in [0.1, 0.15) is 62.6 Å². The molecule has 1 aliphatic rings. The summed E-state index contributed by atoms with van der Waals surface area (Å²) in [4.78, 5) is 0. The predicted octanol–water partition coefficient (Wildman–Crippen LogP) is 4.80. The van der Waals surface area contributed by atoms with Crippen molar-refractivity contribution < 1.29 is 4.74 Å². The molecule has 0 spiro atoms. The van der Waals surface area contributed by atoms with Gasteiger partial charge >= 0.3 is 0 Å². The lowest BCUT2D eigenvalue weighted by molar-refractivity contribution is 0.299. The van der Waals surface area contributed by atoms with E-state index in [1.54, 1.807) is 0 Å². The van der Waals surface area contributed by atoms with Crippen LogP contribution < -0.4 is 10.1 Å². The van der Waals surface area contributed by atoms with Crippen molar-refractivity contribution in [1.29, 1.82) is 0 Å². The predicted molar refractivity (Wildman–Crippen MR) is 90.0 cm³/mol. The van der Waals surface area contributed by atoms with Crippen LogP contribution in [0.4, 0.5) is 0 Å². The molecule has 0 bridgehead atoms. The third-order valence-electron chi connectivity index (χ3n) is 4.22. The SMILES string of the molecule is C=CCCCCCOc1cccc2c1CCCC2NCC. The Hall–Kier alpha value is -1.28. The molecule has 1 unspecified atom stereocenters. The fourth-order valence-electron chi connectivity index (χ4n) is 3.16. The van der Waals surface area contributed by atoms with E-state index in [1.165, 1.54) is 36.8 Å². The van der Waals surface area contributed by atoms with Gasteiger partial charge in [0.2, 0.25) is 0 Å². The van der Waals surface area contributed by atoms with E-state index in [0.717, 1.165) is 38.2 Å². The van der Waals surface area contributed by atoms with Crippen molar-refractivity contribution in [2.24, 2.45) is 0 Å². The van der Waals surface area contributed by atoms with Crippen LogP contribution in [0.15, 0.2) is 30.9 Å². The van der Waals surface area contributed by atoms with Crippen molar-refractivity contribution in [3.63, 3.8) is 0 Å². The molecule has 1 aromatic rings. The molecule has 1 atom stereocenters. The molecule has 1 N–H and O–H groups in total. The Morgan fingerprint density at radius 2 is 2.24 bits per heavy atom. The molecular weight excluding hydrogens is 258 g/mol. The minimum Gasteiger partial charge on any atom is -0.493 e. The Kier molecular flexibility index (Phi) is 6.81. The molecule has 0 radical (unpaired) electrons. The molecule has 0 aliphatic heterocycles. The third kappa shape index (κ3) is 4.60. The first-order valence-electron chi connectivity index (χ1n) is 8.45. The van der Waals surface area contributed by atoms with Gasteiger partial charge in [-0.3, -0.25) is 0 Å². The van der Waals surface area contributed by atoms with Gasteiger partial charge in [0.1, 0.15) is 5.75 Å². The number of ether oxygens (including phenoxy) is 1. The first-order chi connectivity index (χ1) is 10.4. The van der Waals surface area contributed by atoms with Crippen molar-refractivity contribution in [2.75, 3.05) is 13.2 Å². The van der Waals surface area contributed by atoms with Crippen LogP contribution in [0.25, 0.3) is 0 Å². The number of hydrogen-bond acceptors (Lipinski definition) is 2. The van der Waals surface area contributed by atoms with Gasteiger partial charge < -0.3 is 10.1 Å². The van der Waals surface area contributed by atoms with Crippen molar-refractivity contribution >= 4 is 0 Å². The van der Waals surface area contributed by atoms with E-state index in [1.807, 2.05) is 6.08 Å². The molecule has 0 amide bonds. The largest absolute Gasteiger partial charge is 0.493 e. The van der Waals surface area contributed by atoms with E-state index in [2.05, 4.69) is 37.0 Å². The van der Waals surface area contributed by atoms with Gasteiger partial charge in [-0.2, -0.15) is 0 Å². The molecule has 1 aromatic carbocycles. The summed E-state index contributed by atoms with van der Waals surface area (Å²) in [6.45, 7) is 7.80. The van der Waals surface area contributed by atoms with Crippen LogP contribution >= 0.6 is 0 Å². The van der Waals surface area contributed by atoms with Gasteiger partial charge in [-0.15, -0.1) is 6.58 Å². The highest BCUT2D eigenvalue weighted by atomic mass is 16.5. The molecule has 2 nitrogen and oxygen atoms in total. The van der Waals surface area contributed by atoms with E-state index in [-0.39, 0.29) is 0 Å². The zero-order chi connectivity index (χ0) is 14.9. The summed E-state index contributed by atoms with van der Waals surface area (Å²) < 4.78 is 6.06. The van der Waals surface area contributed by atoms with Crippen molar-refractivity contribution in [3.8, 4) is 5.75 Å². The smallest absolute Gasteiger partial charge is 0.122 e. The second-order valence-electron chi connectivity index (χ2n) is 5.81. The van der Waals surface area contributed by atoms with Gasteiger partial charge in [0.15, 0.2) is 0 Å². The summed E-state index contributed by atoms with van der Waals surface area (Å²) in [7, 11) is 0. The Morgan fingerprint density at radius 1 is 1.33 bits per heavy atom. The van der Waals surface area contributed by atoms with Gasteiger partial charge in [0, 0.05) is 6.04 Å². The average Bonchev–Trinajstić information content (AvgIpc) is 2.51. The standard InChI is InChI=1S/C19H29NO/c1-3-5-6-7-8-15-21-19-14-10-11-16-17(19)12-9-13-18(16)20-4-2/h3,10-11,14,18,20H,1,4-9,12-13,15H2,2H3. The molecule has 0 fully saturated rings. The maximum Gasteiger partial charge on any atom is 0.122 e. The van der Waals surface area contributed by atoms with Gasteiger partial charge in [-0.1, -0.05) is 25.1 Å². The molecule has 0 saturated heterocycles. The van der Waals surface area contributed by atoms with E-state index in [9.17, 15) is 0 Å². The maximum absolute atomic E-state index is 6.06. The normalized spacial score (nSPS) is 17.3. The van der Waals surface area contributed by atoms with Crippen molar-refractivity contribution in [2.45, 2.75) is 57.9 Å². The Morgan fingerprint density at radius 3 is 3.05 bits per heavy atom. The van der Waals surface area contributed by atoms with Gasteiger partial charge in [-0.25, -0.2) is 0 Å². The van der Waals surface area contributed by atoms with E-state index in [0.29, 0.717) is 6.04 Å². The summed E-state index contributed by atoms with van der Waals surface area (Å²) in [5.41, 5.74) is 2.88. The third-order valence-corrected chi connectivity index (χ3v) is 4.22. The lowest BCUT2D eigenvalue weighted by Crippen LogP contribution is -2.25. The van der Waals surface area contributed by atoms with Crippen LogP contribution in [0, 0.1) is 0 Å². The summed E-state index contributed by atoms with van der Waals surface area (Å²) in [5, 5.41) is 3.59. The van der Waals surface area contributed by atoms with Crippen molar-refractivity contribution in [1.82, 2.24) is 5.32 Å². The quantitative estimate of drug-likeness (QED) is 0.520. The number of unbranched alkanes of at least 4 members (excludes halogenated alkanes) is 3. The van der Waals surface area contributed by atoms with Gasteiger partial charge in [-0.05, 0) is 68.7 Å². The summed E-state index contributed by atoms with van der Waals surface area (Å²) in [6, 6.07) is 7.05. The second kappa shape index (κ2) is 8.89. The molecule has 1 aliphatic carbocycles. The number of rotatable bonds is 9. The highest BCUT2D eigenvalue weighted by molar-refractivity contribution is 5.43. The van der Waals surface area contributed by atoms with E-state index >= 15 is 0 Å². The Labute approximate surface area is 129 Å². The first kappa shape index (κ1) is 16.1. The first-order valence-corrected chi connectivity index (χ1v) is 8.45. The van der Waals surface area contributed by atoms with Gasteiger partial charge in [0.25, 0.3) is 0 Å². The number of fused-ring (bicyclic) bond motifs is 1. The van der Waals surface area contributed by atoms with Crippen LogP contribution in [-0.2, 0) is 6.42 Å². The highest BCUT2D eigenvalue weighted by Crippen LogP contribution is 2.35. The molecule has 2 heteroatoms. The number of nitrogens with one attached hydrogen (secondary N) is 1. The second-order valence-corrected chi connectivity index (χ2v) is 5.81. The lowest BCUT2D eigenvalue weighted by Gasteiger charge is -2.27. The Balaban J connectivity index is 1.91.